The van der Waals surface area contributed by atoms with Crippen molar-refractivity contribution >= 4 is 17.8 Å². The number of carbonyl (C=O) groups excluding carboxylic acids is 3. The van der Waals surface area contributed by atoms with Crippen LogP contribution in [0.4, 0.5) is 0 Å². The van der Waals surface area contributed by atoms with Crippen molar-refractivity contribution in [3.05, 3.63) is 0 Å². The predicted octanol–water partition coefficient (Wildman–Crippen LogP) is 0.115. The van der Waals surface area contributed by atoms with Gasteiger partial charge in [0, 0.05) is 25.4 Å². The Bertz CT molecular complexity index is 313. The summed E-state index contributed by atoms with van der Waals surface area (Å²) in [5.41, 5.74) is 0. The first-order valence-electron chi connectivity index (χ1n) is 6.33. The third-order valence-electron chi connectivity index (χ3n) is 2.48. The van der Waals surface area contributed by atoms with Crippen LogP contribution in [0.3, 0.4) is 0 Å². The maximum absolute atomic E-state index is 11.3. The van der Waals surface area contributed by atoms with Gasteiger partial charge in [0.15, 0.2) is 0 Å². The van der Waals surface area contributed by atoms with Crippen LogP contribution in [-0.4, -0.2) is 37.0 Å². The molecule has 0 aromatic carbocycles. The van der Waals surface area contributed by atoms with Crippen molar-refractivity contribution in [3.8, 4) is 0 Å². The molecule has 0 aromatic heterocycles. The first-order valence-corrected chi connectivity index (χ1v) is 6.33. The maximum atomic E-state index is 11.3. The highest BCUT2D eigenvalue weighted by Crippen LogP contribution is 2.18. The molecule has 2 N–H and O–H groups in total. The molecule has 1 aliphatic carbocycles. The molecule has 102 valence electrons. The minimum absolute atomic E-state index is 0.0387. The Morgan fingerprint density at radius 3 is 2.44 bits per heavy atom. The highest BCUT2D eigenvalue weighted by Gasteiger charge is 2.22. The van der Waals surface area contributed by atoms with E-state index in [0.29, 0.717) is 19.2 Å². The van der Waals surface area contributed by atoms with Crippen molar-refractivity contribution in [1.82, 2.24) is 10.6 Å². The molecule has 2 amide bonds. The summed E-state index contributed by atoms with van der Waals surface area (Å²) < 4.78 is 4.70. The van der Waals surface area contributed by atoms with Crippen LogP contribution >= 0.6 is 0 Å². The summed E-state index contributed by atoms with van der Waals surface area (Å²) >= 11 is 0. The molecule has 1 saturated carbocycles. The van der Waals surface area contributed by atoms with Crippen LogP contribution in [0.2, 0.25) is 0 Å². The van der Waals surface area contributed by atoms with Crippen molar-refractivity contribution in [2.24, 2.45) is 0 Å². The van der Waals surface area contributed by atoms with Gasteiger partial charge in [-0.25, -0.2) is 0 Å². The number of ether oxygens (including phenoxy) is 1. The van der Waals surface area contributed by atoms with E-state index >= 15 is 0 Å². The monoisotopic (exact) mass is 256 g/mol. The molecular weight excluding hydrogens is 236 g/mol. The fourth-order valence-corrected chi connectivity index (χ4v) is 1.38. The number of esters is 1. The van der Waals surface area contributed by atoms with Crippen molar-refractivity contribution in [2.45, 2.75) is 45.1 Å². The molecule has 0 radical (unpaired) electrons. The van der Waals surface area contributed by atoms with Crippen molar-refractivity contribution in [2.75, 3.05) is 13.2 Å². The largest absolute Gasteiger partial charge is 0.466 e. The first kappa shape index (κ1) is 14.5. The molecular formula is C12H20N2O4. The second-order valence-corrected chi connectivity index (χ2v) is 4.25. The summed E-state index contributed by atoms with van der Waals surface area (Å²) in [5, 5.41) is 5.43. The van der Waals surface area contributed by atoms with E-state index in [-0.39, 0.29) is 37.0 Å². The van der Waals surface area contributed by atoms with Gasteiger partial charge in [-0.2, -0.15) is 0 Å². The Labute approximate surface area is 106 Å². The second-order valence-electron chi connectivity index (χ2n) is 4.25. The molecule has 0 spiro atoms. The maximum Gasteiger partial charge on any atom is 0.306 e. The van der Waals surface area contributed by atoms with Gasteiger partial charge in [0.2, 0.25) is 11.8 Å². The molecule has 0 atom stereocenters. The standard InChI is InChI=1S/C12H20N2O4/c1-2-18-12(17)6-5-10(15)13-8-7-11(16)14-9-3-4-9/h9H,2-8H2,1H3,(H,13,15)(H,14,16). The number of amides is 2. The van der Waals surface area contributed by atoms with Crippen LogP contribution in [0.25, 0.3) is 0 Å². The normalized spacial score (nSPS) is 13.8. The summed E-state index contributed by atoms with van der Waals surface area (Å²) in [5.74, 6) is -0.649. The summed E-state index contributed by atoms with van der Waals surface area (Å²) in [4.78, 5) is 33.6. The van der Waals surface area contributed by atoms with Gasteiger partial charge in [-0.1, -0.05) is 0 Å². The lowest BCUT2D eigenvalue weighted by atomic mass is 10.3. The molecule has 0 unspecified atom stereocenters. The number of rotatable bonds is 8. The van der Waals surface area contributed by atoms with Crippen LogP contribution < -0.4 is 10.6 Å². The fraction of sp³-hybridized carbons (Fsp3) is 0.750. The minimum atomic E-state index is -0.376. The first-order chi connectivity index (χ1) is 8.61. The Balaban J connectivity index is 1.98. The van der Waals surface area contributed by atoms with Crippen LogP contribution in [-0.2, 0) is 19.1 Å². The quantitative estimate of drug-likeness (QED) is 0.604. The summed E-state index contributed by atoms with van der Waals surface area (Å²) in [6.45, 7) is 2.35. The number of nitrogens with one attached hydrogen (secondary N) is 2. The molecule has 6 nitrogen and oxygen atoms in total. The average Bonchev–Trinajstić information content (AvgIpc) is 3.10. The third-order valence-corrected chi connectivity index (χ3v) is 2.48. The molecule has 1 fully saturated rings. The van der Waals surface area contributed by atoms with Gasteiger partial charge in [-0.3, -0.25) is 14.4 Å². The second kappa shape index (κ2) is 7.68. The van der Waals surface area contributed by atoms with Gasteiger partial charge < -0.3 is 15.4 Å². The number of hydrogen-bond donors (Lipinski definition) is 2. The highest BCUT2D eigenvalue weighted by atomic mass is 16.5. The molecule has 0 aromatic rings. The van der Waals surface area contributed by atoms with Gasteiger partial charge in [-0.05, 0) is 19.8 Å². The van der Waals surface area contributed by atoms with E-state index in [2.05, 4.69) is 10.6 Å². The molecule has 1 aliphatic rings. The molecule has 0 heterocycles. The van der Waals surface area contributed by atoms with E-state index in [1.165, 1.54) is 0 Å². The van der Waals surface area contributed by atoms with Crippen LogP contribution in [0.15, 0.2) is 0 Å². The Hall–Kier alpha value is -1.59. The van der Waals surface area contributed by atoms with E-state index in [1.54, 1.807) is 6.92 Å². The molecule has 18 heavy (non-hydrogen) atoms. The van der Waals surface area contributed by atoms with Crippen molar-refractivity contribution in [1.29, 1.82) is 0 Å². The smallest absolute Gasteiger partial charge is 0.306 e. The zero-order valence-electron chi connectivity index (χ0n) is 10.7. The highest BCUT2D eigenvalue weighted by molar-refractivity contribution is 5.82. The minimum Gasteiger partial charge on any atom is -0.466 e. The van der Waals surface area contributed by atoms with E-state index < -0.39 is 0 Å². The summed E-state index contributed by atoms with van der Waals surface area (Å²) in [7, 11) is 0. The molecule has 1 rings (SSSR count). The zero-order chi connectivity index (χ0) is 13.4. The van der Waals surface area contributed by atoms with Gasteiger partial charge in [0.1, 0.15) is 0 Å². The Morgan fingerprint density at radius 1 is 1.11 bits per heavy atom. The summed E-state index contributed by atoms with van der Waals surface area (Å²) in [6, 6.07) is 0.344. The van der Waals surface area contributed by atoms with Gasteiger partial charge >= 0.3 is 5.97 Å². The SMILES string of the molecule is CCOC(=O)CCC(=O)NCCC(=O)NC1CC1. The Morgan fingerprint density at radius 2 is 1.83 bits per heavy atom. The lowest BCUT2D eigenvalue weighted by molar-refractivity contribution is -0.144. The average molecular weight is 256 g/mol. The van der Waals surface area contributed by atoms with Crippen molar-refractivity contribution < 1.29 is 19.1 Å². The van der Waals surface area contributed by atoms with Crippen molar-refractivity contribution in [3.63, 3.8) is 0 Å². The van der Waals surface area contributed by atoms with Crippen LogP contribution in [0, 0.1) is 0 Å². The lowest BCUT2D eigenvalue weighted by Crippen LogP contribution is -2.31. The van der Waals surface area contributed by atoms with Gasteiger partial charge in [0.05, 0.1) is 13.0 Å². The number of carbonyl (C=O) groups is 3. The molecule has 6 heteroatoms. The number of hydrogen-bond acceptors (Lipinski definition) is 4. The lowest BCUT2D eigenvalue weighted by Gasteiger charge is -2.05. The van der Waals surface area contributed by atoms with Gasteiger partial charge in [0.25, 0.3) is 0 Å². The molecule has 0 saturated heterocycles. The van der Waals surface area contributed by atoms with Crippen LogP contribution in [0.1, 0.15) is 39.0 Å². The predicted molar refractivity (Wildman–Crippen MR) is 64.7 cm³/mol. The van der Waals surface area contributed by atoms with E-state index in [0.717, 1.165) is 12.8 Å². The fourth-order valence-electron chi connectivity index (χ4n) is 1.38. The van der Waals surface area contributed by atoms with E-state index in [1.807, 2.05) is 0 Å². The Kier molecular flexibility index (Phi) is 6.18. The van der Waals surface area contributed by atoms with Crippen LogP contribution in [0.5, 0.6) is 0 Å². The third kappa shape index (κ3) is 6.88. The van der Waals surface area contributed by atoms with E-state index in [9.17, 15) is 14.4 Å². The molecule has 0 bridgehead atoms. The summed E-state index contributed by atoms with van der Waals surface area (Å²) in [6.07, 6.45) is 2.56. The van der Waals surface area contributed by atoms with Gasteiger partial charge in [-0.15, -0.1) is 0 Å². The zero-order valence-corrected chi connectivity index (χ0v) is 10.7. The molecule has 0 aliphatic heterocycles. The topological polar surface area (TPSA) is 84.5 Å². The van der Waals surface area contributed by atoms with E-state index in [4.69, 9.17) is 4.74 Å².